The predicted molar refractivity (Wildman–Crippen MR) is 89.4 cm³/mol. The number of cyclic esters (lactones) is 1. The predicted octanol–water partition coefficient (Wildman–Crippen LogP) is 2.21. The number of ether oxygens (including phenoxy) is 1. The first kappa shape index (κ1) is 15.7. The van der Waals surface area contributed by atoms with Crippen molar-refractivity contribution in [2.45, 2.75) is 69.5 Å². The summed E-state index contributed by atoms with van der Waals surface area (Å²) < 4.78 is 5.52. The third-order valence-corrected chi connectivity index (χ3v) is 6.58. The molecule has 2 unspecified atom stereocenters. The number of piperidine rings is 2. The Kier molecular flexibility index (Phi) is 4.76. The standard InChI is InChI=1S/C18H31N3O2/c22-18-21(17-4-2-1-3-14(17)13-23-18)16-7-11-20(12-8-16)15-5-9-19-10-6-15/h14-17,19H,1-13H2. The molecule has 4 fully saturated rings. The van der Waals surface area contributed by atoms with E-state index in [0.29, 0.717) is 24.6 Å². The number of amides is 1. The van der Waals surface area contributed by atoms with Crippen LogP contribution in [0.25, 0.3) is 0 Å². The zero-order valence-electron chi connectivity index (χ0n) is 14.2. The average molecular weight is 321 g/mol. The van der Waals surface area contributed by atoms with Crippen LogP contribution in [0.3, 0.4) is 0 Å². The van der Waals surface area contributed by atoms with Crippen LogP contribution in [0.15, 0.2) is 0 Å². The van der Waals surface area contributed by atoms with Crippen LogP contribution >= 0.6 is 0 Å². The molecule has 0 spiro atoms. The van der Waals surface area contributed by atoms with Gasteiger partial charge in [-0.25, -0.2) is 4.79 Å². The maximum Gasteiger partial charge on any atom is 0.410 e. The summed E-state index contributed by atoms with van der Waals surface area (Å²) in [5, 5.41) is 3.46. The maximum absolute atomic E-state index is 12.4. The molecule has 0 bridgehead atoms. The van der Waals surface area contributed by atoms with E-state index in [-0.39, 0.29) is 6.09 Å². The van der Waals surface area contributed by atoms with Gasteiger partial charge in [-0.1, -0.05) is 12.8 Å². The molecule has 1 amide bonds. The van der Waals surface area contributed by atoms with E-state index in [1.54, 1.807) is 0 Å². The monoisotopic (exact) mass is 321 g/mol. The number of likely N-dealkylation sites (tertiary alicyclic amines) is 1. The molecule has 0 aromatic carbocycles. The Bertz CT molecular complexity index is 416. The first-order chi connectivity index (χ1) is 11.3. The molecule has 4 rings (SSSR count). The van der Waals surface area contributed by atoms with Crippen LogP contribution in [0.2, 0.25) is 0 Å². The topological polar surface area (TPSA) is 44.8 Å². The van der Waals surface area contributed by atoms with Crippen molar-refractivity contribution in [1.29, 1.82) is 0 Å². The minimum atomic E-state index is -0.0338. The van der Waals surface area contributed by atoms with Crippen molar-refractivity contribution in [2.24, 2.45) is 5.92 Å². The average Bonchev–Trinajstić information content (AvgIpc) is 2.63. The van der Waals surface area contributed by atoms with Gasteiger partial charge < -0.3 is 19.9 Å². The molecule has 0 radical (unpaired) electrons. The van der Waals surface area contributed by atoms with Gasteiger partial charge in [0.2, 0.25) is 0 Å². The van der Waals surface area contributed by atoms with Crippen LogP contribution in [-0.2, 0) is 4.74 Å². The lowest BCUT2D eigenvalue weighted by Gasteiger charge is -2.49. The van der Waals surface area contributed by atoms with E-state index in [0.717, 1.165) is 45.1 Å². The summed E-state index contributed by atoms with van der Waals surface area (Å²) in [5.74, 6) is 0.587. The van der Waals surface area contributed by atoms with Gasteiger partial charge in [-0.3, -0.25) is 0 Å². The number of nitrogens with one attached hydrogen (secondary N) is 1. The summed E-state index contributed by atoms with van der Waals surface area (Å²) in [5.41, 5.74) is 0. The van der Waals surface area contributed by atoms with Crippen LogP contribution in [-0.4, -0.2) is 66.8 Å². The van der Waals surface area contributed by atoms with E-state index in [4.69, 9.17) is 4.74 Å². The molecule has 130 valence electrons. The number of hydrogen-bond acceptors (Lipinski definition) is 4. The third kappa shape index (κ3) is 3.22. The minimum absolute atomic E-state index is 0.0338. The summed E-state index contributed by atoms with van der Waals surface area (Å²) >= 11 is 0. The summed E-state index contributed by atoms with van der Waals surface area (Å²) in [4.78, 5) is 17.2. The second kappa shape index (κ2) is 6.98. The zero-order valence-corrected chi connectivity index (χ0v) is 14.2. The molecule has 5 nitrogen and oxygen atoms in total. The fraction of sp³-hybridized carbons (Fsp3) is 0.944. The lowest BCUT2D eigenvalue weighted by molar-refractivity contribution is -0.0399. The van der Waals surface area contributed by atoms with E-state index in [2.05, 4.69) is 15.1 Å². The highest BCUT2D eigenvalue weighted by Crippen LogP contribution is 2.35. The van der Waals surface area contributed by atoms with E-state index in [9.17, 15) is 4.79 Å². The molecular weight excluding hydrogens is 290 g/mol. The van der Waals surface area contributed by atoms with Crippen molar-refractivity contribution in [3.05, 3.63) is 0 Å². The van der Waals surface area contributed by atoms with Crippen molar-refractivity contribution in [1.82, 2.24) is 15.1 Å². The van der Waals surface area contributed by atoms with Crippen LogP contribution in [0, 0.1) is 5.92 Å². The van der Waals surface area contributed by atoms with Gasteiger partial charge >= 0.3 is 6.09 Å². The molecular formula is C18H31N3O2. The van der Waals surface area contributed by atoms with Crippen LogP contribution in [0.4, 0.5) is 4.79 Å². The lowest BCUT2D eigenvalue weighted by Crippen LogP contribution is -2.59. The van der Waals surface area contributed by atoms with E-state index in [1.807, 2.05) is 0 Å². The van der Waals surface area contributed by atoms with Gasteiger partial charge in [0.15, 0.2) is 0 Å². The van der Waals surface area contributed by atoms with Gasteiger partial charge in [0.25, 0.3) is 0 Å². The second-order valence-electron chi connectivity index (χ2n) is 7.84. The Morgan fingerprint density at radius 2 is 1.65 bits per heavy atom. The number of carbonyl (C=O) groups is 1. The smallest absolute Gasteiger partial charge is 0.410 e. The number of carbonyl (C=O) groups excluding carboxylic acids is 1. The summed E-state index contributed by atoms with van der Waals surface area (Å²) in [6.07, 6.45) is 9.79. The molecule has 23 heavy (non-hydrogen) atoms. The molecule has 2 atom stereocenters. The van der Waals surface area contributed by atoms with Gasteiger partial charge in [-0.15, -0.1) is 0 Å². The Morgan fingerprint density at radius 3 is 2.43 bits per heavy atom. The molecule has 5 heteroatoms. The molecule has 1 aliphatic carbocycles. The zero-order chi connectivity index (χ0) is 15.6. The molecule has 1 saturated carbocycles. The van der Waals surface area contributed by atoms with Crippen LogP contribution < -0.4 is 5.32 Å². The second-order valence-corrected chi connectivity index (χ2v) is 7.84. The van der Waals surface area contributed by atoms with Crippen LogP contribution in [0.5, 0.6) is 0 Å². The number of fused-ring (bicyclic) bond motifs is 1. The van der Waals surface area contributed by atoms with E-state index in [1.165, 1.54) is 38.5 Å². The van der Waals surface area contributed by atoms with Gasteiger partial charge in [-0.2, -0.15) is 0 Å². The largest absolute Gasteiger partial charge is 0.449 e. The van der Waals surface area contributed by atoms with Crippen LogP contribution in [0.1, 0.15) is 51.4 Å². The van der Waals surface area contributed by atoms with E-state index >= 15 is 0 Å². The molecule has 3 aliphatic heterocycles. The fourth-order valence-electron chi connectivity index (χ4n) is 5.26. The molecule has 1 N–H and O–H groups in total. The van der Waals surface area contributed by atoms with Gasteiger partial charge in [0.05, 0.1) is 6.61 Å². The molecule has 4 aliphatic rings. The van der Waals surface area contributed by atoms with Crippen molar-refractivity contribution in [2.75, 3.05) is 32.8 Å². The highest BCUT2D eigenvalue weighted by atomic mass is 16.6. The molecule has 3 heterocycles. The maximum atomic E-state index is 12.4. The van der Waals surface area contributed by atoms with Crippen molar-refractivity contribution in [3.8, 4) is 0 Å². The summed E-state index contributed by atoms with van der Waals surface area (Å²) in [6.45, 7) is 5.28. The first-order valence-corrected chi connectivity index (χ1v) is 9.73. The van der Waals surface area contributed by atoms with E-state index < -0.39 is 0 Å². The SMILES string of the molecule is O=C1OCC2CCCCC2N1C1CCN(C2CCNCC2)CC1. The van der Waals surface area contributed by atoms with Gasteiger partial charge in [0.1, 0.15) is 0 Å². The first-order valence-electron chi connectivity index (χ1n) is 9.73. The third-order valence-electron chi connectivity index (χ3n) is 6.58. The van der Waals surface area contributed by atoms with Crippen molar-refractivity contribution < 1.29 is 9.53 Å². The van der Waals surface area contributed by atoms with Crippen molar-refractivity contribution >= 4 is 6.09 Å². The Morgan fingerprint density at radius 1 is 0.913 bits per heavy atom. The highest BCUT2D eigenvalue weighted by Gasteiger charge is 2.43. The molecule has 0 aromatic rings. The van der Waals surface area contributed by atoms with Crippen molar-refractivity contribution in [3.63, 3.8) is 0 Å². The number of hydrogen-bond donors (Lipinski definition) is 1. The summed E-state index contributed by atoms with van der Waals surface area (Å²) in [7, 11) is 0. The number of nitrogens with zero attached hydrogens (tertiary/aromatic N) is 2. The Balaban J connectivity index is 1.37. The Labute approximate surface area is 139 Å². The highest BCUT2D eigenvalue weighted by molar-refractivity contribution is 5.69. The fourth-order valence-corrected chi connectivity index (χ4v) is 5.26. The number of rotatable bonds is 2. The van der Waals surface area contributed by atoms with Gasteiger partial charge in [-0.05, 0) is 51.6 Å². The Hall–Kier alpha value is -0.810. The molecule has 3 saturated heterocycles. The normalized spacial score (nSPS) is 35.0. The minimum Gasteiger partial charge on any atom is -0.449 e. The lowest BCUT2D eigenvalue weighted by atomic mass is 9.82. The van der Waals surface area contributed by atoms with Gasteiger partial charge in [0, 0.05) is 37.1 Å². The quantitative estimate of drug-likeness (QED) is 0.847. The molecule has 0 aromatic heterocycles. The summed E-state index contributed by atoms with van der Waals surface area (Å²) in [6, 6.07) is 1.62.